The molecule has 0 radical (unpaired) electrons. The number of nitrogens with one attached hydrogen (secondary N) is 1. The van der Waals surface area contributed by atoms with Crippen molar-refractivity contribution in [1.29, 1.82) is 0 Å². The summed E-state index contributed by atoms with van der Waals surface area (Å²) in [5.41, 5.74) is 1.63. The fourth-order valence-corrected chi connectivity index (χ4v) is 5.87. The maximum Gasteiger partial charge on any atom is 0.274 e. The van der Waals surface area contributed by atoms with Gasteiger partial charge in [0, 0.05) is 25.0 Å². The number of nitrogens with zero attached hydrogens (tertiary/aromatic N) is 4. The summed E-state index contributed by atoms with van der Waals surface area (Å²) in [4.78, 5) is 30.0. The Morgan fingerprint density at radius 3 is 2.77 bits per heavy atom. The van der Waals surface area contributed by atoms with Crippen LogP contribution in [0.4, 0.5) is 5.95 Å². The molecular formula is C22H22BrN5OS. The molecule has 1 aromatic carbocycles. The number of thiazole rings is 1. The van der Waals surface area contributed by atoms with E-state index < -0.39 is 0 Å². The van der Waals surface area contributed by atoms with Crippen molar-refractivity contribution in [2.75, 3.05) is 11.9 Å². The minimum Gasteiger partial charge on any atom is -0.352 e. The van der Waals surface area contributed by atoms with E-state index in [-0.39, 0.29) is 11.9 Å². The van der Waals surface area contributed by atoms with Crippen LogP contribution in [-0.2, 0) is 0 Å². The van der Waals surface area contributed by atoms with Crippen LogP contribution in [0.5, 0.6) is 0 Å². The van der Waals surface area contributed by atoms with E-state index in [4.69, 9.17) is 0 Å². The van der Waals surface area contributed by atoms with Gasteiger partial charge in [-0.15, -0.1) is 11.3 Å². The first-order valence-corrected chi connectivity index (χ1v) is 11.8. The van der Waals surface area contributed by atoms with Gasteiger partial charge in [0.05, 0.1) is 20.4 Å². The predicted octanol–water partition coefficient (Wildman–Crippen LogP) is 4.78. The van der Waals surface area contributed by atoms with Crippen molar-refractivity contribution >= 4 is 39.1 Å². The summed E-state index contributed by atoms with van der Waals surface area (Å²) in [6, 6.07) is 10.5. The molecule has 8 heteroatoms. The molecule has 1 aliphatic carbocycles. The van der Waals surface area contributed by atoms with Crippen LogP contribution in [0.3, 0.4) is 0 Å². The molecule has 30 heavy (non-hydrogen) atoms. The summed E-state index contributed by atoms with van der Waals surface area (Å²) in [6.07, 6.45) is 6.77. The van der Waals surface area contributed by atoms with Gasteiger partial charge in [0.25, 0.3) is 5.91 Å². The lowest BCUT2D eigenvalue weighted by molar-refractivity contribution is 0.0602. The number of amides is 1. The molecule has 0 unspecified atom stereocenters. The second kappa shape index (κ2) is 8.07. The minimum absolute atomic E-state index is 0.0499. The van der Waals surface area contributed by atoms with E-state index in [0.29, 0.717) is 30.1 Å². The smallest absolute Gasteiger partial charge is 0.274 e. The predicted molar refractivity (Wildman–Crippen MR) is 122 cm³/mol. The summed E-state index contributed by atoms with van der Waals surface area (Å²) < 4.78 is 0.845. The highest BCUT2D eigenvalue weighted by Gasteiger charge is 2.48. The first-order chi connectivity index (χ1) is 14.6. The molecule has 0 spiro atoms. The van der Waals surface area contributed by atoms with Crippen LogP contribution in [-0.4, -0.2) is 44.4 Å². The highest BCUT2D eigenvalue weighted by atomic mass is 79.9. The Kier molecular flexibility index (Phi) is 5.28. The van der Waals surface area contributed by atoms with E-state index in [1.807, 2.05) is 37.3 Å². The van der Waals surface area contributed by atoms with Crippen LogP contribution in [0.1, 0.15) is 34.8 Å². The lowest BCUT2D eigenvalue weighted by atomic mass is 9.98. The number of rotatable bonds is 5. The topological polar surface area (TPSA) is 71.0 Å². The molecule has 1 aliphatic heterocycles. The Labute approximate surface area is 187 Å². The molecule has 154 valence electrons. The third kappa shape index (κ3) is 3.63. The molecule has 2 aromatic heterocycles. The third-order valence-electron chi connectivity index (χ3n) is 6.04. The summed E-state index contributed by atoms with van der Waals surface area (Å²) in [7, 11) is 0. The standard InChI is InChI=1S/C22H22BrN5OS/c1-13-27-19(20(30-13)14-5-3-2-4-6-14)21(29)28-17-8-7-15(9-17)18(28)12-26-22-24-10-16(23)11-25-22/h2-6,10-11,15,17-18H,7-9,12H2,1H3,(H,24,25,26)/t15-,17+,18+/m0/s1. The van der Waals surface area contributed by atoms with Gasteiger partial charge in [0.15, 0.2) is 0 Å². The van der Waals surface area contributed by atoms with Gasteiger partial charge < -0.3 is 10.2 Å². The van der Waals surface area contributed by atoms with Crippen LogP contribution in [0, 0.1) is 12.8 Å². The van der Waals surface area contributed by atoms with Gasteiger partial charge in [0.2, 0.25) is 5.95 Å². The van der Waals surface area contributed by atoms with Gasteiger partial charge in [-0.3, -0.25) is 4.79 Å². The Morgan fingerprint density at radius 2 is 2.00 bits per heavy atom. The monoisotopic (exact) mass is 483 g/mol. The van der Waals surface area contributed by atoms with Crippen molar-refractivity contribution in [2.24, 2.45) is 5.92 Å². The average Bonchev–Trinajstić information content (AvgIpc) is 3.48. The van der Waals surface area contributed by atoms with Crippen molar-refractivity contribution < 1.29 is 4.79 Å². The molecule has 1 saturated carbocycles. The number of aromatic nitrogens is 3. The van der Waals surface area contributed by atoms with E-state index in [2.05, 4.69) is 41.1 Å². The molecule has 3 heterocycles. The fourth-order valence-electron chi connectivity index (χ4n) is 4.75. The quantitative estimate of drug-likeness (QED) is 0.565. The van der Waals surface area contributed by atoms with Gasteiger partial charge in [-0.1, -0.05) is 30.3 Å². The first kappa shape index (κ1) is 19.6. The summed E-state index contributed by atoms with van der Waals surface area (Å²) in [6.45, 7) is 2.62. The summed E-state index contributed by atoms with van der Waals surface area (Å²) in [5, 5.41) is 4.25. The Hall–Kier alpha value is -2.32. The van der Waals surface area contributed by atoms with Crippen LogP contribution >= 0.6 is 27.3 Å². The Balaban J connectivity index is 1.41. The number of carbonyl (C=O) groups is 1. The number of carbonyl (C=O) groups excluding carboxylic acids is 1. The molecule has 3 aromatic rings. The molecular weight excluding hydrogens is 462 g/mol. The third-order valence-corrected chi connectivity index (χ3v) is 7.47. The molecule has 2 aliphatic rings. The van der Waals surface area contributed by atoms with E-state index in [1.54, 1.807) is 23.7 Å². The molecule has 3 atom stereocenters. The summed E-state index contributed by atoms with van der Waals surface area (Å²) >= 11 is 4.95. The van der Waals surface area contributed by atoms with Crippen LogP contribution in [0.15, 0.2) is 47.2 Å². The Morgan fingerprint density at radius 1 is 1.23 bits per heavy atom. The number of hydrogen-bond acceptors (Lipinski definition) is 6. The van der Waals surface area contributed by atoms with E-state index in [9.17, 15) is 4.79 Å². The SMILES string of the molecule is Cc1nc(C(=O)N2[C@@H]3CC[C@@H](C3)[C@H]2CNc2ncc(Br)cn2)c(-c2ccccc2)s1. The van der Waals surface area contributed by atoms with E-state index in [0.717, 1.165) is 32.8 Å². The van der Waals surface area contributed by atoms with Crippen LogP contribution in [0.2, 0.25) is 0 Å². The molecule has 5 rings (SSSR count). The molecule has 2 fully saturated rings. The first-order valence-electron chi connectivity index (χ1n) is 10.2. The van der Waals surface area contributed by atoms with E-state index >= 15 is 0 Å². The number of hydrogen-bond donors (Lipinski definition) is 1. The normalized spacial score (nSPS) is 22.5. The van der Waals surface area contributed by atoms with Crippen molar-refractivity contribution in [3.63, 3.8) is 0 Å². The average molecular weight is 484 g/mol. The van der Waals surface area contributed by atoms with Gasteiger partial charge in [-0.05, 0) is 53.6 Å². The number of benzene rings is 1. The van der Waals surface area contributed by atoms with Gasteiger partial charge in [-0.2, -0.15) is 0 Å². The number of fused-ring (bicyclic) bond motifs is 2. The maximum atomic E-state index is 13.7. The van der Waals surface area contributed by atoms with Crippen LogP contribution in [0.25, 0.3) is 10.4 Å². The van der Waals surface area contributed by atoms with Gasteiger partial charge in [-0.25, -0.2) is 15.0 Å². The number of likely N-dealkylation sites (tertiary alicyclic amines) is 1. The van der Waals surface area contributed by atoms with Crippen molar-refractivity contribution in [1.82, 2.24) is 19.9 Å². The molecule has 1 amide bonds. The highest BCUT2D eigenvalue weighted by molar-refractivity contribution is 9.10. The van der Waals surface area contributed by atoms with Crippen molar-refractivity contribution in [3.8, 4) is 10.4 Å². The lowest BCUT2D eigenvalue weighted by Crippen LogP contribution is -2.48. The zero-order chi connectivity index (χ0) is 20.7. The minimum atomic E-state index is 0.0499. The molecule has 2 bridgehead atoms. The van der Waals surface area contributed by atoms with Gasteiger partial charge in [0.1, 0.15) is 5.69 Å². The van der Waals surface area contributed by atoms with E-state index in [1.165, 1.54) is 6.42 Å². The second-order valence-electron chi connectivity index (χ2n) is 7.89. The molecule has 1 saturated heterocycles. The number of piperidine rings is 1. The van der Waals surface area contributed by atoms with Crippen molar-refractivity contribution in [2.45, 2.75) is 38.3 Å². The van der Waals surface area contributed by atoms with Crippen LogP contribution < -0.4 is 5.32 Å². The largest absolute Gasteiger partial charge is 0.352 e. The zero-order valence-electron chi connectivity index (χ0n) is 16.6. The second-order valence-corrected chi connectivity index (χ2v) is 10.0. The van der Waals surface area contributed by atoms with Crippen molar-refractivity contribution in [3.05, 3.63) is 57.9 Å². The molecule has 1 N–H and O–H groups in total. The lowest BCUT2D eigenvalue weighted by Gasteiger charge is -2.35. The fraction of sp³-hybridized carbons (Fsp3) is 0.364. The Bertz CT molecular complexity index is 1060. The number of anilines is 1. The summed E-state index contributed by atoms with van der Waals surface area (Å²) in [5.74, 6) is 1.15. The highest BCUT2D eigenvalue weighted by Crippen LogP contribution is 2.44. The number of halogens is 1. The number of aryl methyl sites for hydroxylation is 1. The zero-order valence-corrected chi connectivity index (χ0v) is 19.0. The van der Waals surface area contributed by atoms with Gasteiger partial charge >= 0.3 is 0 Å². The maximum absolute atomic E-state index is 13.7. The molecule has 6 nitrogen and oxygen atoms in total.